The average Bonchev–Trinajstić information content (AvgIpc) is 2.68. The van der Waals surface area contributed by atoms with E-state index in [0.29, 0.717) is 13.0 Å². The monoisotopic (exact) mass is 566 g/mol. The molecule has 1 heterocycles. The Morgan fingerprint density at radius 2 is 1.89 bits per heavy atom. The summed E-state index contributed by atoms with van der Waals surface area (Å²) in [5.74, 6) is 0.547. The predicted molar refractivity (Wildman–Crippen MR) is 125 cm³/mol. The first-order valence-electron chi connectivity index (χ1n) is 9.20. The molecule has 0 saturated carbocycles. The topological polar surface area (TPSA) is 83.0 Å². The van der Waals surface area contributed by atoms with Crippen molar-refractivity contribution in [1.82, 2.24) is 10.2 Å². The summed E-state index contributed by atoms with van der Waals surface area (Å²) in [7, 11) is 1.43. The minimum absolute atomic E-state index is 0. The number of nitrogens with zero attached hydrogens (tertiary/aromatic N) is 2. The van der Waals surface area contributed by atoms with Crippen LogP contribution in [0, 0.1) is 5.92 Å². The van der Waals surface area contributed by atoms with Gasteiger partial charge in [-0.3, -0.25) is 14.6 Å². The van der Waals surface area contributed by atoms with Crippen molar-refractivity contribution in [3.63, 3.8) is 0 Å². The molecule has 1 aromatic carbocycles. The highest BCUT2D eigenvalue weighted by atomic mass is 127. The molecule has 2 N–H and O–H groups in total. The number of methoxy groups -OCH3 is 1. The molecule has 1 aliphatic heterocycles. The number of carbonyl (C=O) groups is 2. The SMILES string of the molecule is CCNC(=NCCC(=O)Nc1ccc(Br)cc1)N1CCC(C(=O)OC)CC1.I. The normalized spacial score (nSPS) is 14.8. The molecule has 1 saturated heterocycles. The predicted octanol–water partition coefficient (Wildman–Crippen LogP) is 3.25. The fourth-order valence-corrected chi connectivity index (χ4v) is 3.20. The Labute approximate surface area is 191 Å². The van der Waals surface area contributed by atoms with E-state index in [9.17, 15) is 9.59 Å². The third-order valence-electron chi connectivity index (χ3n) is 4.39. The van der Waals surface area contributed by atoms with Crippen LogP contribution in [0.15, 0.2) is 33.7 Å². The fraction of sp³-hybridized carbons (Fsp3) is 0.526. The number of rotatable bonds is 6. The maximum absolute atomic E-state index is 12.1. The highest BCUT2D eigenvalue weighted by molar-refractivity contribution is 14.0. The van der Waals surface area contributed by atoms with Crippen LogP contribution in [-0.2, 0) is 14.3 Å². The molecule has 0 aliphatic carbocycles. The number of halogens is 2. The second kappa shape index (κ2) is 13.0. The maximum atomic E-state index is 12.1. The summed E-state index contributed by atoms with van der Waals surface area (Å²) >= 11 is 3.37. The molecule has 7 nitrogen and oxygen atoms in total. The number of piperidine rings is 1. The van der Waals surface area contributed by atoms with Gasteiger partial charge in [-0.2, -0.15) is 0 Å². The van der Waals surface area contributed by atoms with Gasteiger partial charge in [0.1, 0.15) is 0 Å². The van der Waals surface area contributed by atoms with Crippen molar-refractivity contribution in [3.8, 4) is 0 Å². The average molecular weight is 567 g/mol. The van der Waals surface area contributed by atoms with Gasteiger partial charge in [-0.15, -0.1) is 24.0 Å². The number of hydrogen-bond donors (Lipinski definition) is 2. The first-order chi connectivity index (χ1) is 13.0. The van der Waals surface area contributed by atoms with E-state index in [0.717, 1.165) is 48.6 Å². The van der Waals surface area contributed by atoms with Crippen LogP contribution in [0.5, 0.6) is 0 Å². The van der Waals surface area contributed by atoms with Crippen molar-refractivity contribution in [2.45, 2.75) is 26.2 Å². The van der Waals surface area contributed by atoms with E-state index in [4.69, 9.17) is 4.74 Å². The Morgan fingerprint density at radius 1 is 1.25 bits per heavy atom. The molecule has 0 aromatic heterocycles. The lowest BCUT2D eigenvalue weighted by Crippen LogP contribution is -2.46. The molecule has 1 aromatic rings. The quantitative estimate of drug-likeness (QED) is 0.239. The molecule has 0 atom stereocenters. The van der Waals surface area contributed by atoms with Crippen molar-refractivity contribution in [3.05, 3.63) is 28.7 Å². The number of hydrogen-bond acceptors (Lipinski definition) is 4. The van der Waals surface area contributed by atoms with E-state index in [1.54, 1.807) is 0 Å². The summed E-state index contributed by atoms with van der Waals surface area (Å²) < 4.78 is 5.80. The van der Waals surface area contributed by atoms with Crippen LogP contribution >= 0.6 is 39.9 Å². The molecule has 1 fully saturated rings. The van der Waals surface area contributed by atoms with E-state index in [1.165, 1.54) is 7.11 Å². The Morgan fingerprint density at radius 3 is 2.46 bits per heavy atom. The van der Waals surface area contributed by atoms with Gasteiger partial charge in [0.05, 0.1) is 19.6 Å². The second-order valence-electron chi connectivity index (χ2n) is 6.33. The highest BCUT2D eigenvalue weighted by Crippen LogP contribution is 2.18. The fourth-order valence-electron chi connectivity index (χ4n) is 2.94. The molecular formula is C19H28BrIN4O3. The van der Waals surface area contributed by atoms with E-state index >= 15 is 0 Å². The van der Waals surface area contributed by atoms with Gasteiger partial charge >= 0.3 is 5.97 Å². The highest BCUT2D eigenvalue weighted by Gasteiger charge is 2.26. The number of esters is 1. The minimum atomic E-state index is -0.138. The summed E-state index contributed by atoms with van der Waals surface area (Å²) in [6, 6.07) is 7.46. The van der Waals surface area contributed by atoms with Crippen LogP contribution in [-0.4, -0.2) is 56.0 Å². The van der Waals surface area contributed by atoms with Gasteiger partial charge in [0.25, 0.3) is 0 Å². The molecular weight excluding hydrogens is 539 g/mol. The number of amides is 1. The van der Waals surface area contributed by atoms with Crippen LogP contribution in [0.4, 0.5) is 5.69 Å². The van der Waals surface area contributed by atoms with Gasteiger partial charge in [-0.05, 0) is 44.0 Å². The van der Waals surface area contributed by atoms with E-state index in [2.05, 4.69) is 36.5 Å². The second-order valence-corrected chi connectivity index (χ2v) is 7.24. The molecule has 9 heteroatoms. The van der Waals surface area contributed by atoms with Crippen LogP contribution in [0.1, 0.15) is 26.2 Å². The lowest BCUT2D eigenvalue weighted by molar-refractivity contribution is -0.146. The number of carbonyl (C=O) groups excluding carboxylic acids is 2. The molecule has 1 aliphatic rings. The molecule has 2 rings (SSSR count). The number of aliphatic imine (C=N–C) groups is 1. The number of ether oxygens (including phenoxy) is 1. The number of nitrogens with one attached hydrogen (secondary N) is 2. The van der Waals surface area contributed by atoms with Gasteiger partial charge in [0, 0.05) is 36.2 Å². The summed E-state index contributed by atoms with van der Waals surface area (Å²) in [6.45, 7) is 4.66. The number of guanidine groups is 1. The Hall–Kier alpha value is -1.36. The van der Waals surface area contributed by atoms with Crippen molar-refractivity contribution in [2.24, 2.45) is 10.9 Å². The standard InChI is InChI=1S/C19H27BrN4O3.HI/c1-3-21-19(24-12-9-14(10-13-24)18(26)27-2)22-11-8-17(25)23-16-6-4-15(20)5-7-16;/h4-7,14H,3,8-13H2,1-2H3,(H,21,22)(H,23,25);1H. The lowest BCUT2D eigenvalue weighted by atomic mass is 9.97. The third kappa shape index (κ3) is 7.94. The van der Waals surface area contributed by atoms with Crippen molar-refractivity contribution < 1.29 is 14.3 Å². The van der Waals surface area contributed by atoms with Crippen LogP contribution in [0.2, 0.25) is 0 Å². The lowest BCUT2D eigenvalue weighted by Gasteiger charge is -2.33. The maximum Gasteiger partial charge on any atom is 0.308 e. The first kappa shape index (κ1) is 24.7. The van der Waals surface area contributed by atoms with Gasteiger partial charge < -0.3 is 20.3 Å². The molecule has 28 heavy (non-hydrogen) atoms. The summed E-state index contributed by atoms with van der Waals surface area (Å²) in [5, 5.41) is 6.13. The summed E-state index contributed by atoms with van der Waals surface area (Å²) in [6.07, 6.45) is 1.81. The number of likely N-dealkylation sites (tertiary alicyclic amines) is 1. The first-order valence-corrected chi connectivity index (χ1v) is 9.99. The van der Waals surface area contributed by atoms with E-state index < -0.39 is 0 Å². The zero-order valence-corrected chi connectivity index (χ0v) is 20.2. The minimum Gasteiger partial charge on any atom is -0.469 e. The van der Waals surface area contributed by atoms with Crippen LogP contribution < -0.4 is 10.6 Å². The van der Waals surface area contributed by atoms with Gasteiger partial charge in [0.2, 0.25) is 5.91 Å². The van der Waals surface area contributed by atoms with E-state index in [-0.39, 0.29) is 41.8 Å². The van der Waals surface area contributed by atoms with Crippen LogP contribution in [0.25, 0.3) is 0 Å². The molecule has 156 valence electrons. The van der Waals surface area contributed by atoms with Crippen molar-refractivity contribution in [2.75, 3.05) is 38.6 Å². The summed E-state index contributed by atoms with van der Waals surface area (Å²) in [4.78, 5) is 30.4. The van der Waals surface area contributed by atoms with Crippen molar-refractivity contribution in [1.29, 1.82) is 0 Å². The smallest absolute Gasteiger partial charge is 0.308 e. The largest absolute Gasteiger partial charge is 0.469 e. The number of benzene rings is 1. The molecule has 0 unspecified atom stereocenters. The zero-order valence-electron chi connectivity index (χ0n) is 16.2. The number of anilines is 1. The molecule has 0 bridgehead atoms. The van der Waals surface area contributed by atoms with Gasteiger partial charge in [0.15, 0.2) is 5.96 Å². The van der Waals surface area contributed by atoms with Gasteiger partial charge in [-0.1, -0.05) is 15.9 Å². The third-order valence-corrected chi connectivity index (χ3v) is 4.92. The molecule has 1 amide bonds. The Kier molecular flexibility index (Phi) is 11.4. The molecule has 0 radical (unpaired) electrons. The Bertz CT molecular complexity index is 662. The van der Waals surface area contributed by atoms with E-state index in [1.807, 2.05) is 31.2 Å². The zero-order chi connectivity index (χ0) is 19.6. The summed E-state index contributed by atoms with van der Waals surface area (Å²) in [5.41, 5.74) is 0.768. The Balaban J connectivity index is 0.00000392. The van der Waals surface area contributed by atoms with Crippen LogP contribution in [0.3, 0.4) is 0 Å². The van der Waals surface area contributed by atoms with Gasteiger partial charge in [-0.25, -0.2) is 0 Å². The molecule has 0 spiro atoms. The van der Waals surface area contributed by atoms with Crippen molar-refractivity contribution >= 4 is 63.4 Å².